The molecule has 1 aliphatic rings. The zero-order valence-corrected chi connectivity index (χ0v) is 21.7. The standard InChI is InChI=1S/C28H37N3O4/c1-7-17-35-22-13-14-23(19(2)18-22)26(32)24-25(20-9-11-21(12-10-20)30(5)6)31(28(34)27(24)33)16-8-15-29(3)4/h9-14,18,25,32H,7-8,15-17H2,1-6H3. The van der Waals surface area contributed by atoms with E-state index in [-0.39, 0.29) is 11.3 Å². The predicted molar refractivity (Wildman–Crippen MR) is 140 cm³/mol. The van der Waals surface area contributed by atoms with Crippen LogP contribution in [0.1, 0.15) is 42.5 Å². The Morgan fingerprint density at radius 1 is 1.06 bits per heavy atom. The molecule has 0 bridgehead atoms. The van der Waals surface area contributed by atoms with Gasteiger partial charge < -0.3 is 24.5 Å². The van der Waals surface area contributed by atoms with E-state index in [0.717, 1.165) is 36.2 Å². The minimum absolute atomic E-state index is 0.128. The van der Waals surface area contributed by atoms with Gasteiger partial charge in [0.2, 0.25) is 0 Å². The fraction of sp³-hybridized carbons (Fsp3) is 0.429. The summed E-state index contributed by atoms with van der Waals surface area (Å²) in [6.07, 6.45) is 1.61. The summed E-state index contributed by atoms with van der Waals surface area (Å²) in [6.45, 7) is 5.71. The van der Waals surface area contributed by atoms with Crippen LogP contribution in [0.2, 0.25) is 0 Å². The number of likely N-dealkylation sites (tertiary alicyclic amines) is 1. The van der Waals surface area contributed by atoms with E-state index in [0.29, 0.717) is 24.5 Å². The molecular weight excluding hydrogens is 442 g/mol. The van der Waals surface area contributed by atoms with Gasteiger partial charge in [0.05, 0.1) is 18.2 Å². The molecule has 188 valence electrons. The number of amides is 1. The first-order chi connectivity index (χ1) is 16.6. The molecule has 1 N–H and O–H groups in total. The number of carbonyl (C=O) groups excluding carboxylic acids is 2. The van der Waals surface area contributed by atoms with Gasteiger partial charge in [-0.1, -0.05) is 19.1 Å². The molecule has 0 aliphatic carbocycles. The van der Waals surface area contributed by atoms with E-state index in [1.807, 2.05) is 82.2 Å². The third-order valence-corrected chi connectivity index (χ3v) is 6.20. The van der Waals surface area contributed by atoms with Crippen molar-refractivity contribution in [1.82, 2.24) is 9.80 Å². The third kappa shape index (κ3) is 5.85. The Morgan fingerprint density at radius 2 is 1.74 bits per heavy atom. The number of ketones is 1. The van der Waals surface area contributed by atoms with Crippen molar-refractivity contribution in [1.29, 1.82) is 0 Å². The van der Waals surface area contributed by atoms with Crippen LogP contribution in [0, 0.1) is 6.92 Å². The molecule has 1 aliphatic heterocycles. The molecule has 1 amide bonds. The average molecular weight is 480 g/mol. The van der Waals surface area contributed by atoms with Gasteiger partial charge in [-0.3, -0.25) is 9.59 Å². The van der Waals surface area contributed by atoms with Gasteiger partial charge in [-0.2, -0.15) is 0 Å². The highest BCUT2D eigenvalue weighted by molar-refractivity contribution is 6.46. The van der Waals surface area contributed by atoms with Crippen molar-refractivity contribution in [2.24, 2.45) is 0 Å². The van der Waals surface area contributed by atoms with Gasteiger partial charge in [-0.15, -0.1) is 0 Å². The summed E-state index contributed by atoms with van der Waals surface area (Å²) >= 11 is 0. The Hall–Kier alpha value is -3.32. The number of hydrogen-bond donors (Lipinski definition) is 1. The van der Waals surface area contributed by atoms with E-state index in [1.165, 1.54) is 0 Å². The molecule has 7 heteroatoms. The monoisotopic (exact) mass is 479 g/mol. The second-order valence-electron chi connectivity index (χ2n) is 9.46. The molecule has 2 aromatic rings. The van der Waals surface area contributed by atoms with Crippen molar-refractivity contribution in [3.05, 3.63) is 64.7 Å². The fourth-order valence-corrected chi connectivity index (χ4v) is 4.33. The number of benzene rings is 2. The smallest absolute Gasteiger partial charge is 0.295 e. The summed E-state index contributed by atoms with van der Waals surface area (Å²) in [6, 6.07) is 12.5. The van der Waals surface area contributed by atoms with Crippen molar-refractivity contribution in [3.8, 4) is 5.75 Å². The topological polar surface area (TPSA) is 73.3 Å². The quantitative estimate of drug-likeness (QED) is 0.312. The Bertz CT molecular complexity index is 1090. The molecule has 0 saturated carbocycles. The van der Waals surface area contributed by atoms with E-state index in [4.69, 9.17) is 4.74 Å². The van der Waals surface area contributed by atoms with Gasteiger partial charge in [0.1, 0.15) is 11.5 Å². The Morgan fingerprint density at radius 3 is 2.31 bits per heavy atom. The molecule has 3 rings (SSSR count). The first-order valence-electron chi connectivity index (χ1n) is 12.1. The largest absolute Gasteiger partial charge is 0.507 e. The molecule has 35 heavy (non-hydrogen) atoms. The Balaban J connectivity index is 2.07. The minimum atomic E-state index is -0.653. The summed E-state index contributed by atoms with van der Waals surface area (Å²) in [7, 11) is 7.86. The van der Waals surface area contributed by atoms with E-state index in [2.05, 4.69) is 0 Å². The number of aliphatic hydroxyl groups is 1. The van der Waals surface area contributed by atoms with Crippen LogP contribution in [0.4, 0.5) is 5.69 Å². The van der Waals surface area contributed by atoms with Crippen LogP contribution in [-0.4, -0.2) is 74.5 Å². The van der Waals surface area contributed by atoms with Crippen LogP contribution in [-0.2, 0) is 9.59 Å². The lowest BCUT2D eigenvalue weighted by Gasteiger charge is -2.26. The number of anilines is 1. The van der Waals surface area contributed by atoms with Gasteiger partial charge >= 0.3 is 0 Å². The van der Waals surface area contributed by atoms with Crippen molar-refractivity contribution in [2.75, 3.05) is 52.8 Å². The molecule has 1 heterocycles. The maximum absolute atomic E-state index is 13.3. The molecule has 0 aromatic heterocycles. The Kier molecular flexibility index (Phi) is 8.57. The predicted octanol–water partition coefficient (Wildman–Crippen LogP) is 4.22. The molecule has 0 radical (unpaired) electrons. The van der Waals surface area contributed by atoms with Crippen molar-refractivity contribution in [2.45, 2.75) is 32.7 Å². The first-order valence-corrected chi connectivity index (χ1v) is 12.1. The van der Waals surface area contributed by atoms with E-state index in [1.54, 1.807) is 17.0 Å². The number of rotatable bonds is 10. The second kappa shape index (κ2) is 11.4. The second-order valence-corrected chi connectivity index (χ2v) is 9.46. The highest BCUT2D eigenvalue weighted by Crippen LogP contribution is 2.40. The molecule has 2 aromatic carbocycles. The summed E-state index contributed by atoms with van der Waals surface area (Å²) < 4.78 is 5.70. The summed E-state index contributed by atoms with van der Waals surface area (Å²) in [4.78, 5) is 32.0. The van der Waals surface area contributed by atoms with Crippen LogP contribution >= 0.6 is 0 Å². The van der Waals surface area contributed by atoms with E-state index >= 15 is 0 Å². The van der Waals surface area contributed by atoms with Gasteiger partial charge in [0, 0.05) is 31.9 Å². The highest BCUT2D eigenvalue weighted by atomic mass is 16.5. The van der Waals surface area contributed by atoms with E-state index < -0.39 is 17.7 Å². The van der Waals surface area contributed by atoms with Crippen LogP contribution in [0.25, 0.3) is 5.76 Å². The highest BCUT2D eigenvalue weighted by Gasteiger charge is 2.45. The SMILES string of the molecule is CCCOc1ccc(C(O)=C2C(=O)C(=O)N(CCCN(C)C)C2c2ccc(N(C)C)cc2)c(C)c1. The summed E-state index contributed by atoms with van der Waals surface area (Å²) in [5, 5.41) is 11.4. The third-order valence-electron chi connectivity index (χ3n) is 6.20. The van der Waals surface area contributed by atoms with Crippen molar-refractivity contribution < 1.29 is 19.4 Å². The molecule has 1 unspecified atom stereocenters. The van der Waals surface area contributed by atoms with Crippen LogP contribution in [0.3, 0.4) is 0 Å². The van der Waals surface area contributed by atoms with Crippen LogP contribution in [0.15, 0.2) is 48.0 Å². The number of aryl methyl sites for hydroxylation is 1. The number of aliphatic hydroxyl groups excluding tert-OH is 1. The lowest BCUT2D eigenvalue weighted by molar-refractivity contribution is -0.139. The van der Waals surface area contributed by atoms with Gasteiger partial charge in [-0.25, -0.2) is 0 Å². The fourth-order valence-electron chi connectivity index (χ4n) is 4.33. The first kappa shape index (κ1) is 26.3. The molecule has 1 atom stereocenters. The summed E-state index contributed by atoms with van der Waals surface area (Å²) in [5.41, 5.74) is 3.23. The summed E-state index contributed by atoms with van der Waals surface area (Å²) in [5.74, 6) is -0.673. The lowest BCUT2D eigenvalue weighted by Crippen LogP contribution is -2.32. The number of nitrogens with zero attached hydrogens (tertiary/aromatic N) is 3. The lowest BCUT2D eigenvalue weighted by atomic mass is 9.93. The van der Waals surface area contributed by atoms with Crippen LogP contribution < -0.4 is 9.64 Å². The van der Waals surface area contributed by atoms with Gasteiger partial charge in [0.15, 0.2) is 0 Å². The maximum Gasteiger partial charge on any atom is 0.295 e. The molecule has 0 spiro atoms. The zero-order valence-electron chi connectivity index (χ0n) is 21.7. The average Bonchev–Trinajstić information content (AvgIpc) is 3.07. The molecular formula is C28H37N3O4. The molecule has 1 fully saturated rings. The van der Waals surface area contributed by atoms with Gasteiger partial charge in [0.25, 0.3) is 11.7 Å². The van der Waals surface area contributed by atoms with Crippen molar-refractivity contribution >= 4 is 23.1 Å². The number of Topliss-reactive ketones (excluding diaryl/α,β-unsaturated/α-hetero) is 1. The number of ether oxygens (including phenoxy) is 1. The number of hydrogen-bond acceptors (Lipinski definition) is 6. The normalized spacial score (nSPS) is 17.3. The number of carbonyl (C=O) groups is 2. The van der Waals surface area contributed by atoms with Crippen LogP contribution in [0.5, 0.6) is 5.75 Å². The maximum atomic E-state index is 13.3. The van der Waals surface area contributed by atoms with Gasteiger partial charge in [-0.05, 0) is 81.9 Å². The van der Waals surface area contributed by atoms with E-state index in [9.17, 15) is 14.7 Å². The van der Waals surface area contributed by atoms with Crippen molar-refractivity contribution in [3.63, 3.8) is 0 Å². The zero-order chi connectivity index (χ0) is 25.7. The Labute approximate surface area is 208 Å². The molecule has 1 saturated heterocycles. The minimum Gasteiger partial charge on any atom is -0.507 e. The molecule has 7 nitrogen and oxygen atoms in total.